The molecule has 1 saturated heterocycles. The summed E-state index contributed by atoms with van der Waals surface area (Å²) in [4.78, 5) is 52.7. The largest absolute Gasteiger partial charge is 0.462 e. The highest BCUT2D eigenvalue weighted by molar-refractivity contribution is 5.91. The van der Waals surface area contributed by atoms with Crippen LogP contribution in [0.15, 0.2) is 23.8 Å². The van der Waals surface area contributed by atoms with E-state index in [0.717, 1.165) is 5.57 Å². The van der Waals surface area contributed by atoms with E-state index in [1.165, 1.54) is 19.9 Å². The number of terminal acetylenes is 1. The van der Waals surface area contributed by atoms with Crippen LogP contribution in [0.25, 0.3) is 0 Å². The van der Waals surface area contributed by atoms with Crippen molar-refractivity contribution in [2.75, 3.05) is 27.3 Å². The van der Waals surface area contributed by atoms with Gasteiger partial charge in [-0.15, -0.1) is 6.42 Å². The molecular weight excluding hydrogens is 634 g/mol. The van der Waals surface area contributed by atoms with Gasteiger partial charge < -0.3 is 33.5 Å². The number of aliphatic hydroxyl groups is 1. The Balaban J connectivity index is 2.53. The maximum absolute atomic E-state index is 13.3. The molecule has 0 aromatic heterocycles. The minimum Gasteiger partial charge on any atom is -0.462 e. The predicted molar refractivity (Wildman–Crippen MR) is 182 cm³/mol. The van der Waals surface area contributed by atoms with E-state index in [1.54, 1.807) is 38.9 Å². The molecule has 2 heterocycles. The van der Waals surface area contributed by atoms with Crippen LogP contribution in [0.2, 0.25) is 0 Å². The van der Waals surface area contributed by atoms with Crippen LogP contribution in [0.1, 0.15) is 74.7 Å². The minimum atomic E-state index is -1.20. The molecule has 2 aliphatic heterocycles. The van der Waals surface area contributed by atoms with Gasteiger partial charge in [0, 0.05) is 31.6 Å². The summed E-state index contributed by atoms with van der Waals surface area (Å²) in [5.74, 6) is -1.10. The van der Waals surface area contributed by atoms with Gasteiger partial charge in [0.15, 0.2) is 18.2 Å². The van der Waals surface area contributed by atoms with Crippen molar-refractivity contribution < 1.29 is 52.7 Å². The zero-order valence-electron chi connectivity index (χ0n) is 30.8. The van der Waals surface area contributed by atoms with Gasteiger partial charge in [-0.25, -0.2) is 0 Å². The Morgan fingerprint density at radius 2 is 1.67 bits per heavy atom. The number of allylic oxidation sites excluding steroid dienone is 3. The molecule has 1 fully saturated rings. The molecule has 12 nitrogen and oxygen atoms in total. The van der Waals surface area contributed by atoms with Gasteiger partial charge in [-0.2, -0.15) is 0 Å². The molecule has 0 bridgehead atoms. The Kier molecular flexibility index (Phi) is 17.1. The van der Waals surface area contributed by atoms with E-state index in [1.807, 2.05) is 33.8 Å². The average molecular weight is 692 g/mol. The Labute approximate surface area is 291 Å². The van der Waals surface area contributed by atoms with Crippen LogP contribution in [-0.4, -0.2) is 110 Å². The van der Waals surface area contributed by atoms with Gasteiger partial charge in [0.1, 0.15) is 18.8 Å². The maximum Gasteiger partial charge on any atom is 0.308 e. The molecular formula is C37H57NO11. The second kappa shape index (κ2) is 19.9. The number of esters is 3. The second-order valence-electron chi connectivity index (χ2n) is 13.6. The Hall–Kier alpha value is -3.08. The average Bonchev–Trinajstić information content (AvgIpc) is 3.01. The summed E-state index contributed by atoms with van der Waals surface area (Å²) in [6.07, 6.45) is 4.95. The van der Waals surface area contributed by atoms with E-state index in [4.69, 9.17) is 34.8 Å². The zero-order chi connectivity index (χ0) is 37.0. The van der Waals surface area contributed by atoms with Gasteiger partial charge >= 0.3 is 17.9 Å². The van der Waals surface area contributed by atoms with Crippen LogP contribution >= 0.6 is 0 Å². The lowest BCUT2D eigenvalue weighted by atomic mass is 9.82. The molecule has 0 aromatic carbocycles. The van der Waals surface area contributed by atoms with Gasteiger partial charge in [-0.05, 0) is 52.8 Å². The first-order valence-corrected chi connectivity index (χ1v) is 17.1. The Morgan fingerprint density at radius 3 is 2.24 bits per heavy atom. The fourth-order valence-electron chi connectivity index (χ4n) is 6.66. The fraction of sp³-hybridized carbons (Fsp3) is 0.730. The number of hydrogen-bond acceptors (Lipinski definition) is 12. The number of rotatable bonds is 9. The number of carbonyl (C=O) groups excluding carboxylic acids is 4. The monoisotopic (exact) mass is 691 g/mol. The van der Waals surface area contributed by atoms with Crippen molar-refractivity contribution in [1.29, 1.82) is 0 Å². The van der Waals surface area contributed by atoms with E-state index in [9.17, 15) is 24.3 Å². The summed E-state index contributed by atoms with van der Waals surface area (Å²) in [6.45, 7) is 13.8. The molecule has 0 saturated carbocycles. The Bertz CT molecular complexity index is 1220. The number of ketones is 1. The van der Waals surface area contributed by atoms with Crippen molar-refractivity contribution in [1.82, 2.24) is 4.90 Å². The highest BCUT2D eigenvalue weighted by atomic mass is 16.7. The molecule has 0 spiro atoms. The summed E-state index contributed by atoms with van der Waals surface area (Å²) in [6, 6.07) is -0.635. The number of likely N-dealkylation sites (N-methyl/N-ethyl adjacent to an activating group) is 1. The van der Waals surface area contributed by atoms with Gasteiger partial charge in [-0.1, -0.05) is 51.3 Å². The molecule has 5 unspecified atom stereocenters. The van der Waals surface area contributed by atoms with Crippen molar-refractivity contribution >= 4 is 23.7 Å². The van der Waals surface area contributed by atoms with Crippen molar-refractivity contribution in [3.63, 3.8) is 0 Å². The highest BCUT2D eigenvalue weighted by Gasteiger charge is 2.51. The van der Waals surface area contributed by atoms with E-state index < -0.39 is 78.7 Å². The van der Waals surface area contributed by atoms with Gasteiger partial charge in [0.05, 0.1) is 37.4 Å². The number of ether oxygens (including phenoxy) is 6. The van der Waals surface area contributed by atoms with Crippen LogP contribution in [0.5, 0.6) is 0 Å². The molecule has 2 rings (SSSR count). The van der Waals surface area contributed by atoms with Crippen LogP contribution in [0.3, 0.4) is 0 Å². The number of carbonyl (C=O) groups is 4. The topological polar surface area (TPSA) is 147 Å². The van der Waals surface area contributed by atoms with Gasteiger partial charge in [-0.3, -0.25) is 24.1 Å². The molecule has 0 amide bonds. The summed E-state index contributed by atoms with van der Waals surface area (Å²) in [5, 5.41) is 11.5. The van der Waals surface area contributed by atoms with Gasteiger partial charge in [0.2, 0.25) is 0 Å². The van der Waals surface area contributed by atoms with Crippen molar-refractivity contribution in [3.05, 3.63) is 23.8 Å². The lowest BCUT2D eigenvalue weighted by molar-refractivity contribution is -0.307. The lowest BCUT2D eigenvalue weighted by Crippen LogP contribution is -2.65. The van der Waals surface area contributed by atoms with Crippen LogP contribution in [-0.2, 0) is 47.6 Å². The predicted octanol–water partition coefficient (Wildman–Crippen LogP) is 3.63. The van der Waals surface area contributed by atoms with E-state index in [0.29, 0.717) is 12.8 Å². The molecule has 276 valence electrons. The van der Waals surface area contributed by atoms with Crippen molar-refractivity contribution in [3.8, 4) is 12.3 Å². The molecule has 12 atom stereocenters. The van der Waals surface area contributed by atoms with Crippen molar-refractivity contribution in [2.24, 2.45) is 23.7 Å². The maximum atomic E-state index is 13.3. The molecule has 0 aromatic rings. The van der Waals surface area contributed by atoms with Crippen LogP contribution < -0.4 is 0 Å². The molecule has 49 heavy (non-hydrogen) atoms. The third kappa shape index (κ3) is 12.6. The van der Waals surface area contributed by atoms with E-state index >= 15 is 0 Å². The number of nitrogens with zero attached hydrogens (tertiary/aromatic N) is 1. The molecule has 12 heteroatoms. The first-order chi connectivity index (χ1) is 23.0. The summed E-state index contributed by atoms with van der Waals surface area (Å²) in [5.41, 5.74) is 0.793. The van der Waals surface area contributed by atoms with Gasteiger partial charge in [0.25, 0.3) is 0 Å². The first kappa shape index (κ1) is 42.1. The normalized spacial score (nSPS) is 36.9. The zero-order valence-corrected chi connectivity index (χ0v) is 30.8. The second-order valence-corrected chi connectivity index (χ2v) is 13.6. The Morgan fingerprint density at radius 1 is 1.04 bits per heavy atom. The minimum absolute atomic E-state index is 0.0885. The van der Waals surface area contributed by atoms with Crippen LogP contribution in [0.4, 0.5) is 0 Å². The molecule has 1 N–H and O–H groups in total. The van der Waals surface area contributed by atoms with Crippen molar-refractivity contribution in [2.45, 2.75) is 124 Å². The standard InChI is InChI=1S/C37H57NO11/c1-12-16-44-20-28-17-21(3)14-15-29(41)22(4)18-23(5)34(24(6)30(42)19-32(43)48-31(28)13-2)49-37-36(47-27(9)40)33(38(10)11)35(25(7)45-37)46-26(8)39/h1,14-15,17,22-25,28,30-31,33-37,42H,13,16,18-20H2,2-11H3/b15-14+,21-17+/t22-,23+,24+,25?,28-,30-,31-,33?,34+,35?,36?,37?/m1/s1. The van der Waals surface area contributed by atoms with E-state index in [2.05, 4.69) is 5.92 Å². The van der Waals surface area contributed by atoms with E-state index in [-0.39, 0.29) is 37.3 Å². The smallest absolute Gasteiger partial charge is 0.308 e. The highest BCUT2D eigenvalue weighted by Crippen LogP contribution is 2.35. The molecule has 0 radical (unpaired) electrons. The summed E-state index contributed by atoms with van der Waals surface area (Å²) in [7, 11) is 3.54. The number of cyclic esters (lactones) is 1. The first-order valence-electron chi connectivity index (χ1n) is 17.1. The molecule has 0 aliphatic carbocycles. The third-order valence-electron chi connectivity index (χ3n) is 9.16. The number of hydrogen-bond donors (Lipinski definition) is 1. The summed E-state index contributed by atoms with van der Waals surface area (Å²) < 4.78 is 35.8. The SMILES string of the molecule is C#CCOC[C@H]1/C=C(C)/C=C/C(=O)[C@H](C)C[C@H](C)[C@H](OC2OC(C)C(OC(C)=O)C(N(C)C)C2OC(C)=O)[C@@H](C)[C@H](O)CC(=O)O[C@@H]1CC. The number of aliphatic hydroxyl groups excluding tert-OH is 1. The summed E-state index contributed by atoms with van der Waals surface area (Å²) >= 11 is 0. The quantitative estimate of drug-likeness (QED) is 0.163. The van der Waals surface area contributed by atoms with Crippen LogP contribution in [0, 0.1) is 36.0 Å². The molecule has 2 aliphatic rings. The third-order valence-corrected chi connectivity index (χ3v) is 9.16. The fourth-order valence-corrected chi connectivity index (χ4v) is 6.66. The lowest BCUT2D eigenvalue weighted by Gasteiger charge is -2.48.